The largest absolute Gasteiger partial charge is 0.481 e. The lowest BCUT2D eigenvalue weighted by Crippen LogP contribution is -1.99. The van der Waals surface area contributed by atoms with Crippen LogP contribution in [-0.4, -0.2) is 24.3 Å². The summed E-state index contributed by atoms with van der Waals surface area (Å²) in [5, 5.41) is 8.40. The number of hydrogen-bond donors (Lipinski definition) is 1. The first-order chi connectivity index (χ1) is 7.27. The number of carboxylic acid groups (broad SMARTS) is 1. The molecule has 0 aliphatic heterocycles. The van der Waals surface area contributed by atoms with Gasteiger partial charge in [-0.05, 0) is 19.3 Å². The molecule has 0 fully saturated rings. The van der Waals surface area contributed by atoms with Gasteiger partial charge in [-0.15, -0.1) is 0 Å². The van der Waals surface area contributed by atoms with Crippen molar-refractivity contribution in [2.45, 2.75) is 58.3 Å². The fraction of sp³-hybridized carbons (Fsp3) is 0.917. The predicted molar refractivity (Wildman–Crippen MR) is 61.1 cm³/mol. The van der Waals surface area contributed by atoms with Crippen LogP contribution in [0.1, 0.15) is 58.3 Å². The Morgan fingerprint density at radius 2 is 1.60 bits per heavy atom. The monoisotopic (exact) mass is 216 g/mol. The lowest BCUT2D eigenvalue weighted by atomic mass is 10.2. The van der Waals surface area contributed by atoms with Crippen molar-refractivity contribution >= 4 is 5.97 Å². The van der Waals surface area contributed by atoms with E-state index in [9.17, 15) is 4.79 Å². The predicted octanol–water partition coefficient (Wildman–Crippen LogP) is 3.23. The molecule has 0 unspecified atom stereocenters. The molecule has 0 radical (unpaired) electrons. The molecule has 15 heavy (non-hydrogen) atoms. The summed E-state index contributed by atoms with van der Waals surface area (Å²) in [6, 6.07) is 0. The van der Waals surface area contributed by atoms with Crippen LogP contribution >= 0.6 is 0 Å². The highest BCUT2D eigenvalue weighted by Crippen LogP contribution is 2.03. The first-order valence-corrected chi connectivity index (χ1v) is 6.07. The highest BCUT2D eigenvalue weighted by molar-refractivity contribution is 5.66. The average molecular weight is 216 g/mol. The molecule has 0 spiro atoms. The van der Waals surface area contributed by atoms with Gasteiger partial charge in [0.2, 0.25) is 0 Å². The van der Waals surface area contributed by atoms with Gasteiger partial charge in [-0.3, -0.25) is 4.79 Å². The van der Waals surface area contributed by atoms with E-state index in [1.165, 1.54) is 25.7 Å². The summed E-state index contributed by atoms with van der Waals surface area (Å²) in [7, 11) is 0. The first kappa shape index (κ1) is 14.4. The Morgan fingerprint density at radius 3 is 2.20 bits per heavy atom. The topological polar surface area (TPSA) is 46.5 Å². The second-order valence-corrected chi connectivity index (χ2v) is 3.88. The number of hydrogen-bond acceptors (Lipinski definition) is 2. The van der Waals surface area contributed by atoms with Crippen LogP contribution in [0.25, 0.3) is 0 Å². The van der Waals surface area contributed by atoms with E-state index >= 15 is 0 Å². The summed E-state index contributed by atoms with van der Waals surface area (Å²) in [6.45, 7) is 3.75. The quantitative estimate of drug-likeness (QED) is 0.539. The molecule has 0 aliphatic carbocycles. The van der Waals surface area contributed by atoms with Crippen molar-refractivity contribution in [1.82, 2.24) is 0 Å². The summed E-state index contributed by atoms with van der Waals surface area (Å²) >= 11 is 0. The lowest BCUT2D eigenvalue weighted by Gasteiger charge is -2.03. The van der Waals surface area contributed by atoms with Gasteiger partial charge in [0, 0.05) is 19.6 Å². The Labute approximate surface area is 92.8 Å². The molecule has 0 aliphatic rings. The van der Waals surface area contributed by atoms with Crippen molar-refractivity contribution in [3.8, 4) is 0 Å². The average Bonchev–Trinajstić information content (AvgIpc) is 2.20. The number of ether oxygens (including phenoxy) is 1. The Hall–Kier alpha value is -0.570. The maximum absolute atomic E-state index is 10.2. The molecule has 1 N–H and O–H groups in total. The van der Waals surface area contributed by atoms with Gasteiger partial charge in [0.05, 0.1) is 0 Å². The van der Waals surface area contributed by atoms with E-state index in [0.717, 1.165) is 25.9 Å². The summed E-state index contributed by atoms with van der Waals surface area (Å²) in [5.74, 6) is -0.713. The first-order valence-electron chi connectivity index (χ1n) is 6.07. The van der Waals surface area contributed by atoms with Crippen LogP contribution in [0.4, 0.5) is 0 Å². The number of carboxylic acids is 1. The highest BCUT2D eigenvalue weighted by Gasteiger charge is 1.96. The van der Waals surface area contributed by atoms with E-state index in [1.54, 1.807) is 0 Å². The lowest BCUT2D eigenvalue weighted by molar-refractivity contribution is -0.137. The third kappa shape index (κ3) is 13.4. The summed E-state index contributed by atoms with van der Waals surface area (Å²) in [5.41, 5.74) is 0. The normalized spacial score (nSPS) is 10.5. The van der Waals surface area contributed by atoms with Gasteiger partial charge in [-0.25, -0.2) is 0 Å². The molecule has 3 heteroatoms. The minimum Gasteiger partial charge on any atom is -0.481 e. The molecule has 0 saturated carbocycles. The Morgan fingerprint density at radius 1 is 1.00 bits per heavy atom. The molecular formula is C12H24O3. The minimum atomic E-state index is -0.713. The molecule has 0 aromatic carbocycles. The van der Waals surface area contributed by atoms with Crippen LogP contribution in [0, 0.1) is 0 Å². The zero-order valence-corrected chi connectivity index (χ0v) is 9.83. The van der Waals surface area contributed by atoms with Gasteiger partial charge in [-0.1, -0.05) is 32.6 Å². The number of rotatable bonds is 11. The van der Waals surface area contributed by atoms with Crippen LogP contribution < -0.4 is 0 Å². The summed E-state index contributed by atoms with van der Waals surface area (Å²) < 4.78 is 5.40. The van der Waals surface area contributed by atoms with Crippen LogP contribution in [0.15, 0.2) is 0 Å². The molecule has 90 valence electrons. The molecule has 0 aromatic heterocycles. The fourth-order valence-corrected chi connectivity index (χ4v) is 1.39. The van der Waals surface area contributed by atoms with E-state index in [1.807, 2.05) is 0 Å². The third-order valence-corrected chi connectivity index (χ3v) is 2.32. The molecule has 0 amide bonds. The van der Waals surface area contributed by atoms with E-state index in [-0.39, 0.29) is 6.42 Å². The van der Waals surface area contributed by atoms with Gasteiger partial charge in [0.1, 0.15) is 0 Å². The molecule has 0 bridgehead atoms. The van der Waals surface area contributed by atoms with Gasteiger partial charge in [-0.2, -0.15) is 0 Å². The van der Waals surface area contributed by atoms with Gasteiger partial charge in [0.25, 0.3) is 0 Å². The number of unbranched alkanes of at least 4 members (excludes halogenated alkanes) is 5. The van der Waals surface area contributed by atoms with Crippen molar-refractivity contribution in [3.63, 3.8) is 0 Å². The molecule has 0 saturated heterocycles. The Balaban J connectivity index is 2.89. The van der Waals surface area contributed by atoms with Crippen LogP contribution in [0.5, 0.6) is 0 Å². The standard InChI is InChI=1S/C12H24O3/c1-2-3-4-5-7-10-15-11-8-6-9-12(13)14/h2-11H2,1H3,(H,13,14). The molecule has 0 rings (SSSR count). The fourth-order valence-electron chi connectivity index (χ4n) is 1.39. The van der Waals surface area contributed by atoms with Gasteiger partial charge >= 0.3 is 5.97 Å². The van der Waals surface area contributed by atoms with Gasteiger partial charge < -0.3 is 9.84 Å². The van der Waals surface area contributed by atoms with Crippen molar-refractivity contribution in [2.75, 3.05) is 13.2 Å². The van der Waals surface area contributed by atoms with E-state index in [0.29, 0.717) is 6.61 Å². The maximum Gasteiger partial charge on any atom is 0.303 e. The molecule has 3 nitrogen and oxygen atoms in total. The second-order valence-electron chi connectivity index (χ2n) is 3.88. The highest BCUT2D eigenvalue weighted by atomic mass is 16.5. The van der Waals surface area contributed by atoms with E-state index < -0.39 is 5.97 Å². The number of carbonyl (C=O) groups is 1. The summed E-state index contributed by atoms with van der Waals surface area (Å²) in [4.78, 5) is 10.2. The van der Waals surface area contributed by atoms with E-state index in [2.05, 4.69) is 6.92 Å². The SMILES string of the molecule is CCCCCCCOCCCCC(=O)O. The van der Waals surface area contributed by atoms with Crippen molar-refractivity contribution in [1.29, 1.82) is 0 Å². The Bertz CT molecular complexity index is 146. The Kier molecular flexibility index (Phi) is 11.1. The second kappa shape index (κ2) is 11.5. The van der Waals surface area contributed by atoms with Crippen LogP contribution in [0.3, 0.4) is 0 Å². The minimum absolute atomic E-state index is 0.264. The molecular weight excluding hydrogens is 192 g/mol. The molecule has 0 aromatic rings. The van der Waals surface area contributed by atoms with Crippen LogP contribution in [-0.2, 0) is 9.53 Å². The maximum atomic E-state index is 10.2. The molecule has 0 heterocycles. The van der Waals surface area contributed by atoms with Crippen LogP contribution in [0.2, 0.25) is 0 Å². The van der Waals surface area contributed by atoms with E-state index in [4.69, 9.17) is 9.84 Å². The number of aliphatic carboxylic acids is 1. The smallest absolute Gasteiger partial charge is 0.303 e. The molecule has 0 atom stereocenters. The van der Waals surface area contributed by atoms with Crippen molar-refractivity contribution in [2.24, 2.45) is 0 Å². The zero-order chi connectivity index (χ0) is 11.4. The van der Waals surface area contributed by atoms with Gasteiger partial charge in [0.15, 0.2) is 0 Å². The van der Waals surface area contributed by atoms with Crippen molar-refractivity contribution < 1.29 is 14.6 Å². The zero-order valence-electron chi connectivity index (χ0n) is 9.83. The third-order valence-electron chi connectivity index (χ3n) is 2.32. The van der Waals surface area contributed by atoms with Crippen molar-refractivity contribution in [3.05, 3.63) is 0 Å². The summed E-state index contributed by atoms with van der Waals surface area (Å²) in [6.07, 6.45) is 8.14.